The van der Waals surface area contributed by atoms with Gasteiger partial charge in [-0.25, -0.2) is 0 Å². The summed E-state index contributed by atoms with van der Waals surface area (Å²) in [5.41, 5.74) is 2.73. The molecule has 0 aliphatic rings. The van der Waals surface area contributed by atoms with E-state index in [1.54, 1.807) is 0 Å². The summed E-state index contributed by atoms with van der Waals surface area (Å²) in [6.45, 7) is 4.35. The number of aryl methyl sites for hydroxylation is 2. The van der Waals surface area contributed by atoms with E-state index in [-0.39, 0.29) is 0 Å². The molecule has 1 aromatic carbocycles. The fourth-order valence-electron chi connectivity index (χ4n) is 1.73. The van der Waals surface area contributed by atoms with Gasteiger partial charge in [0.15, 0.2) is 0 Å². The molecule has 0 aliphatic heterocycles. The molecule has 1 atom stereocenters. The highest BCUT2D eigenvalue weighted by Gasteiger charge is 2.17. The van der Waals surface area contributed by atoms with Crippen LogP contribution in [0.15, 0.2) is 30.3 Å². The molecule has 0 amide bonds. The Kier molecular flexibility index (Phi) is 4.08. The van der Waals surface area contributed by atoms with Crippen LogP contribution in [0, 0.1) is 17.4 Å². The molecule has 1 aromatic heterocycles. The van der Waals surface area contributed by atoms with Crippen molar-refractivity contribution in [2.24, 2.45) is 0 Å². The van der Waals surface area contributed by atoms with Crippen LogP contribution < -0.4 is 0 Å². The van der Waals surface area contributed by atoms with Crippen molar-refractivity contribution in [3.63, 3.8) is 0 Å². The third kappa shape index (κ3) is 2.51. The minimum Gasteiger partial charge on any atom is -0.144 e. The van der Waals surface area contributed by atoms with Gasteiger partial charge in [0.05, 0.1) is 4.83 Å². The number of thiophene rings is 1. The van der Waals surface area contributed by atoms with Gasteiger partial charge in [0, 0.05) is 13.3 Å². The second-order valence-electron chi connectivity index (χ2n) is 3.79. The molecular formula is C13H12BrIS. The summed E-state index contributed by atoms with van der Waals surface area (Å²) in [7, 11) is 0. The first-order chi connectivity index (χ1) is 7.59. The molecule has 16 heavy (non-hydrogen) atoms. The van der Waals surface area contributed by atoms with E-state index < -0.39 is 0 Å². The molecule has 0 aliphatic carbocycles. The monoisotopic (exact) mass is 406 g/mol. The molecule has 2 rings (SSSR count). The maximum absolute atomic E-state index is 3.81. The van der Waals surface area contributed by atoms with E-state index in [2.05, 4.69) is 82.7 Å². The molecular weight excluding hydrogens is 395 g/mol. The zero-order valence-corrected chi connectivity index (χ0v) is 13.7. The summed E-state index contributed by atoms with van der Waals surface area (Å²) in [5.74, 6) is 0. The largest absolute Gasteiger partial charge is 0.144 e. The number of hydrogen-bond acceptors (Lipinski definition) is 1. The van der Waals surface area contributed by atoms with Gasteiger partial charge in [-0.2, -0.15) is 0 Å². The number of benzene rings is 1. The van der Waals surface area contributed by atoms with E-state index >= 15 is 0 Å². The van der Waals surface area contributed by atoms with E-state index in [1.165, 1.54) is 24.5 Å². The van der Waals surface area contributed by atoms with Gasteiger partial charge in [0.25, 0.3) is 0 Å². The van der Waals surface area contributed by atoms with Gasteiger partial charge in [-0.1, -0.05) is 34.1 Å². The molecule has 2 aromatic rings. The summed E-state index contributed by atoms with van der Waals surface area (Å²) in [4.78, 5) is 3.11. The topological polar surface area (TPSA) is 0 Å². The standard InChI is InChI=1S/C13H12BrIS/c1-8-7-9(2)16-13(8)12(14)10-5-3-4-6-11(10)15/h3-7,12H,1-2H3. The second-order valence-corrected chi connectivity index (χ2v) is 7.15. The van der Waals surface area contributed by atoms with Gasteiger partial charge in [0.2, 0.25) is 0 Å². The van der Waals surface area contributed by atoms with E-state index in [1.807, 2.05) is 11.3 Å². The van der Waals surface area contributed by atoms with Crippen LogP contribution in [-0.4, -0.2) is 0 Å². The predicted molar refractivity (Wildman–Crippen MR) is 83.7 cm³/mol. The summed E-state index contributed by atoms with van der Waals surface area (Å²) >= 11 is 8.09. The van der Waals surface area contributed by atoms with Gasteiger partial charge in [-0.05, 0) is 59.7 Å². The van der Waals surface area contributed by atoms with E-state index in [4.69, 9.17) is 0 Å². The van der Waals surface area contributed by atoms with Crippen LogP contribution in [0.4, 0.5) is 0 Å². The SMILES string of the molecule is Cc1cc(C)c(C(Br)c2ccccc2I)s1. The number of alkyl halides is 1. The lowest BCUT2D eigenvalue weighted by molar-refractivity contribution is 1.18. The average Bonchev–Trinajstić information content (AvgIpc) is 2.58. The molecule has 3 heteroatoms. The highest BCUT2D eigenvalue weighted by atomic mass is 127. The lowest BCUT2D eigenvalue weighted by atomic mass is 10.1. The summed E-state index contributed by atoms with van der Waals surface area (Å²) in [6, 6.07) is 10.8. The van der Waals surface area contributed by atoms with Crippen molar-refractivity contribution in [2.45, 2.75) is 18.7 Å². The molecule has 0 saturated heterocycles. The first-order valence-corrected chi connectivity index (χ1v) is 7.86. The third-order valence-electron chi connectivity index (χ3n) is 2.49. The highest BCUT2D eigenvalue weighted by Crippen LogP contribution is 2.39. The van der Waals surface area contributed by atoms with E-state index in [9.17, 15) is 0 Å². The third-order valence-corrected chi connectivity index (χ3v) is 5.94. The Morgan fingerprint density at radius 3 is 2.50 bits per heavy atom. The second kappa shape index (κ2) is 5.19. The molecule has 0 nitrogen and oxygen atoms in total. The lowest BCUT2D eigenvalue weighted by Crippen LogP contribution is -1.94. The van der Waals surface area contributed by atoms with Crippen molar-refractivity contribution in [3.05, 3.63) is 54.8 Å². The molecule has 1 heterocycles. The molecule has 0 radical (unpaired) electrons. The minimum atomic E-state index is 0.319. The van der Waals surface area contributed by atoms with Crippen molar-refractivity contribution in [1.29, 1.82) is 0 Å². The number of rotatable bonds is 2. The van der Waals surface area contributed by atoms with Gasteiger partial charge in [0.1, 0.15) is 0 Å². The van der Waals surface area contributed by atoms with Gasteiger partial charge in [-0.3, -0.25) is 0 Å². The van der Waals surface area contributed by atoms with Crippen LogP contribution in [0.25, 0.3) is 0 Å². The fraction of sp³-hybridized carbons (Fsp3) is 0.231. The van der Waals surface area contributed by atoms with Crippen molar-refractivity contribution in [2.75, 3.05) is 0 Å². The Balaban J connectivity index is 2.43. The molecule has 0 saturated carbocycles. The van der Waals surface area contributed by atoms with Gasteiger partial charge < -0.3 is 0 Å². The van der Waals surface area contributed by atoms with E-state index in [0.29, 0.717) is 4.83 Å². The number of halogens is 2. The van der Waals surface area contributed by atoms with Crippen molar-refractivity contribution < 1.29 is 0 Å². The van der Waals surface area contributed by atoms with E-state index in [0.717, 1.165) is 0 Å². The van der Waals surface area contributed by atoms with Crippen molar-refractivity contribution >= 4 is 49.9 Å². The first kappa shape index (κ1) is 12.6. The zero-order chi connectivity index (χ0) is 11.7. The summed E-state index contributed by atoms with van der Waals surface area (Å²) in [5, 5.41) is 0. The highest BCUT2D eigenvalue weighted by molar-refractivity contribution is 14.1. The maximum Gasteiger partial charge on any atom is 0.0750 e. The van der Waals surface area contributed by atoms with Crippen molar-refractivity contribution in [1.82, 2.24) is 0 Å². The quantitative estimate of drug-likeness (QED) is 0.459. The molecule has 84 valence electrons. The normalized spacial score (nSPS) is 12.8. The zero-order valence-electron chi connectivity index (χ0n) is 9.13. The maximum atomic E-state index is 3.81. The van der Waals surface area contributed by atoms with Crippen LogP contribution in [0.5, 0.6) is 0 Å². The summed E-state index contributed by atoms with van der Waals surface area (Å²) < 4.78 is 1.31. The first-order valence-electron chi connectivity index (χ1n) is 5.05. The Bertz CT molecular complexity index is 504. The van der Waals surface area contributed by atoms with Crippen LogP contribution in [0.1, 0.15) is 25.7 Å². The van der Waals surface area contributed by atoms with Crippen molar-refractivity contribution in [3.8, 4) is 0 Å². The smallest absolute Gasteiger partial charge is 0.0750 e. The average molecular weight is 407 g/mol. The Labute approximate surface area is 122 Å². The molecule has 0 spiro atoms. The van der Waals surface area contributed by atoms with Crippen LogP contribution in [0.3, 0.4) is 0 Å². The predicted octanol–water partition coefficient (Wildman–Crippen LogP) is 5.45. The Morgan fingerprint density at radius 1 is 1.25 bits per heavy atom. The molecule has 1 unspecified atom stereocenters. The molecule has 0 N–H and O–H groups in total. The number of hydrogen-bond donors (Lipinski definition) is 0. The molecule has 0 bridgehead atoms. The van der Waals surface area contributed by atoms with Crippen LogP contribution in [0.2, 0.25) is 0 Å². The summed E-state index contributed by atoms with van der Waals surface area (Å²) in [6.07, 6.45) is 0. The minimum absolute atomic E-state index is 0.319. The Morgan fingerprint density at radius 2 is 1.94 bits per heavy atom. The fourth-order valence-corrected chi connectivity index (χ4v) is 4.93. The Hall–Kier alpha value is 0.130. The van der Waals surface area contributed by atoms with Gasteiger partial charge >= 0.3 is 0 Å². The van der Waals surface area contributed by atoms with Crippen LogP contribution in [-0.2, 0) is 0 Å². The lowest BCUT2D eigenvalue weighted by Gasteiger charge is -2.11. The molecule has 0 fully saturated rings. The van der Waals surface area contributed by atoms with Crippen LogP contribution >= 0.6 is 49.9 Å². The van der Waals surface area contributed by atoms with Gasteiger partial charge in [-0.15, -0.1) is 11.3 Å².